The maximum atomic E-state index is 10.4. The zero-order valence-electron chi connectivity index (χ0n) is 6.67. The summed E-state index contributed by atoms with van der Waals surface area (Å²) in [6.07, 6.45) is 1.39. The first-order chi connectivity index (χ1) is 5.69. The van der Waals surface area contributed by atoms with E-state index >= 15 is 0 Å². The molecule has 1 aromatic carbocycles. The molecule has 0 radical (unpaired) electrons. The molecule has 0 aliphatic carbocycles. The lowest BCUT2D eigenvalue weighted by atomic mass is 10.1. The Kier molecular flexibility index (Phi) is 2.71. The summed E-state index contributed by atoms with van der Waals surface area (Å²) in [6.45, 7) is 1.96. The van der Waals surface area contributed by atoms with Gasteiger partial charge in [0.1, 0.15) is 5.75 Å². The summed E-state index contributed by atoms with van der Waals surface area (Å²) in [5.41, 5.74) is 1.19. The van der Waals surface area contributed by atoms with Crippen molar-refractivity contribution >= 4 is 17.9 Å². The number of aryl methyl sites for hydroxylation is 1. The van der Waals surface area contributed by atoms with Gasteiger partial charge < -0.3 is 5.11 Å². The molecule has 0 atom stereocenters. The van der Waals surface area contributed by atoms with Gasteiger partial charge in [-0.2, -0.15) is 0 Å². The summed E-state index contributed by atoms with van der Waals surface area (Å²) in [6, 6.07) is 3.29. The van der Waals surface area contributed by atoms with E-state index in [1.165, 1.54) is 0 Å². The van der Waals surface area contributed by atoms with Crippen LogP contribution in [0.1, 0.15) is 22.8 Å². The Hall–Kier alpha value is -1.02. The summed E-state index contributed by atoms with van der Waals surface area (Å²) in [7, 11) is 0. The number of carbonyl (C=O) groups is 1. The van der Waals surface area contributed by atoms with Crippen molar-refractivity contribution in [1.29, 1.82) is 0 Å². The average Bonchev–Trinajstić information content (AvgIpc) is 2.09. The Labute approximate surface area is 75.8 Å². The van der Waals surface area contributed by atoms with Crippen LogP contribution >= 0.6 is 11.6 Å². The molecule has 0 bridgehead atoms. The fourth-order valence-corrected chi connectivity index (χ4v) is 1.22. The van der Waals surface area contributed by atoms with E-state index in [2.05, 4.69) is 0 Å². The van der Waals surface area contributed by atoms with Crippen LogP contribution in [0.2, 0.25) is 5.02 Å². The van der Waals surface area contributed by atoms with E-state index in [1.807, 2.05) is 6.92 Å². The third-order valence-electron chi connectivity index (χ3n) is 1.69. The summed E-state index contributed by atoms with van der Waals surface area (Å²) < 4.78 is 0. The second-order valence-electron chi connectivity index (χ2n) is 2.49. The smallest absolute Gasteiger partial charge is 0.153 e. The third kappa shape index (κ3) is 1.59. The van der Waals surface area contributed by atoms with Crippen LogP contribution in [0, 0.1) is 0 Å². The van der Waals surface area contributed by atoms with Crippen molar-refractivity contribution in [2.75, 3.05) is 0 Å². The van der Waals surface area contributed by atoms with Crippen LogP contribution in [0.4, 0.5) is 0 Å². The molecule has 0 saturated heterocycles. The van der Waals surface area contributed by atoms with Crippen LogP contribution in [0.5, 0.6) is 5.75 Å². The fraction of sp³-hybridized carbons (Fsp3) is 0.222. The minimum Gasteiger partial charge on any atom is -0.506 e. The number of hydrogen-bond donors (Lipinski definition) is 1. The maximum absolute atomic E-state index is 10.4. The van der Waals surface area contributed by atoms with Crippen LogP contribution in [0.15, 0.2) is 12.1 Å². The molecule has 0 aliphatic heterocycles. The highest BCUT2D eigenvalue weighted by atomic mass is 35.5. The van der Waals surface area contributed by atoms with Gasteiger partial charge in [0.15, 0.2) is 6.29 Å². The van der Waals surface area contributed by atoms with Crippen molar-refractivity contribution < 1.29 is 9.90 Å². The maximum Gasteiger partial charge on any atom is 0.153 e. The number of benzene rings is 1. The second kappa shape index (κ2) is 3.59. The van der Waals surface area contributed by atoms with Gasteiger partial charge in [-0.15, -0.1) is 0 Å². The quantitative estimate of drug-likeness (QED) is 0.717. The van der Waals surface area contributed by atoms with E-state index in [-0.39, 0.29) is 16.3 Å². The first-order valence-electron chi connectivity index (χ1n) is 3.65. The summed E-state index contributed by atoms with van der Waals surface area (Å²) in [5.74, 6) is -0.135. The zero-order valence-corrected chi connectivity index (χ0v) is 7.43. The summed E-state index contributed by atoms with van der Waals surface area (Å²) in [4.78, 5) is 10.4. The minimum atomic E-state index is -0.135. The molecule has 2 nitrogen and oxygen atoms in total. The van der Waals surface area contributed by atoms with Crippen LogP contribution in [-0.2, 0) is 6.42 Å². The molecule has 1 N–H and O–H groups in total. The number of aromatic hydroxyl groups is 1. The van der Waals surface area contributed by atoms with Gasteiger partial charge in [-0.3, -0.25) is 4.79 Å². The average molecular weight is 185 g/mol. The number of halogens is 1. The number of carbonyl (C=O) groups excluding carboxylic acids is 1. The molecule has 0 heterocycles. The third-order valence-corrected chi connectivity index (χ3v) is 1.98. The monoisotopic (exact) mass is 184 g/mol. The van der Waals surface area contributed by atoms with Gasteiger partial charge in [0.05, 0.1) is 10.6 Å². The van der Waals surface area contributed by atoms with Gasteiger partial charge in [-0.1, -0.05) is 18.5 Å². The zero-order chi connectivity index (χ0) is 9.14. The highest BCUT2D eigenvalue weighted by Gasteiger charge is 2.06. The predicted molar refractivity (Wildman–Crippen MR) is 47.9 cm³/mol. The van der Waals surface area contributed by atoms with E-state index in [0.717, 1.165) is 12.0 Å². The number of phenols is 1. The van der Waals surface area contributed by atoms with E-state index in [4.69, 9.17) is 11.6 Å². The van der Waals surface area contributed by atoms with Gasteiger partial charge in [0, 0.05) is 0 Å². The Bertz CT molecular complexity index is 308. The normalized spacial score (nSPS) is 9.83. The SMILES string of the molecule is CCc1cc(Cl)c(O)c(C=O)c1. The second-order valence-corrected chi connectivity index (χ2v) is 2.89. The summed E-state index contributed by atoms with van der Waals surface area (Å²) in [5, 5.41) is 9.49. The van der Waals surface area contributed by atoms with Crippen molar-refractivity contribution in [2.24, 2.45) is 0 Å². The van der Waals surface area contributed by atoms with Gasteiger partial charge in [-0.25, -0.2) is 0 Å². The lowest BCUT2D eigenvalue weighted by Gasteiger charge is -2.02. The van der Waals surface area contributed by atoms with Crippen molar-refractivity contribution in [3.05, 3.63) is 28.3 Å². The number of rotatable bonds is 2. The number of hydrogen-bond acceptors (Lipinski definition) is 2. The van der Waals surface area contributed by atoms with E-state index < -0.39 is 0 Å². The number of aldehydes is 1. The molecule has 0 unspecified atom stereocenters. The molecular formula is C9H9ClO2. The first kappa shape index (κ1) is 9.07. The molecule has 0 aromatic heterocycles. The van der Waals surface area contributed by atoms with Crippen molar-refractivity contribution in [3.8, 4) is 5.75 Å². The molecule has 0 spiro atoms. The van der Waals surface area contributed by atoms with E-state index in [9.17, 15) is 9.90 Å². The number of phenolic OH excluding ortho intramolecular Hbond substituents is 1. The predicted octanol–water partition coefficient (Wildman–Crippen LogP) is 2.42. The van der Waals surface area contributed by atoms with Crippen LogP contribution < -0.4 is 0 Å². The lowest BCUT2D eigenvalue weighted by Crippen LogP contribution is -1.87. The molecule has 3 heteroatoms. The lowest BCUT2D eigenvalue weighted by molar-refractivity contribution is 0.112. The molecule has 0 amide bonds. The Balaban J connectivity index is 3.28. The van der Waals surface area contributed by atoms with Gasteiger partial charge >= 0.3 is 0 Å². The van der Waals surface area contributed by atoms with E-state index in [0.29, 0.717) is 6.29 Å². The van der Waals surface area contributed by atoms with Gasteiger partial charge in [0.2, 0.25) is 0 Å². The van der Waals surface area contributed by atoms with Gasteiger partial charge in [0.25, 0.3) is 0 Å². The highest BCUT2D eigenvalue weighted by Crippen LogP contribution is 2.27. The van der Waals surface area contributed by atoms with Crippen molar-refractivity contribution in [3.63, 3.8) is 0 Å². The first-order valence-corrected chi connectivity index (χ1v) is 4.03. The Morgan fingerprint density at radius 3 is 2.75 bits per heavy atom. The standard InChI is InChI=1S/C9H9ClO2/c1-2-6-3-7(5-11)9(12)8(10)4-6/h3-5,12H,2H2,1H3. The molecule has 64 valence electrons. The van der Waals surface area contributed by atoms with Crippen LogP contribution in [0.25, 0.3) is 0 Å². The largest absolute Gasteiger partial charge is 0.506 e. The Morgan fingerprint density at radius 2 is 2.25 bits per heavy atom. The van der Waals surface area contributed by atoms with Crippen LogP contribution in [-0.4, -0.2) is 11.4 Å². The van der Waals surface area contributed by atoms with Crippen molar-refractivity contribution in [2.45, 2.75) is 13.3 Å². The van der Waals surface area contributed by atoms with Crippen LogP contribution in [0.3, 0.4) is 0 Å². The fourth-order valence-electron chi connectivity index (χ4n) is 0.973. The molecule has 12 heavy (non-hydrogen) atoms. The molecule has 0 fully saturated rings. The Morgan fingerprint density at radius 1 is 1.58 bits per heavy atom. The molecule has 1 aromatic rings. The topological polar surface area (TPSA) is 37.3 Å². The molecule has 0 aliphatic rings. The van der Waals surface area contributed by atoms with Gasteiger partial charge in [-0.05, 0) is 24.1 Å². The molecule has 1 rings (SSSR count). The highest BCUT2D eigenvalue weighted by molar-refractivity contribution is 6.32. The minimum absolute atomic E-state index is 0.135. The summed E-state index contributed by atoms with van der Waals surface area (Å²) >= 11 is 5.67. The molecule has 0 saturated carbocycles. The van der Waals surface area contributed by atoms with E-state index in [1.54, 1.807) is 12.1 Å². The molecular weight excluding hydrogens is 176 g/mol. The van der Waals surface area contributed by atoms with Crippen molar-refractivity contribution in [1.82, 2.24) is 0 Å².